The standard InChI is InChI=1S/C26H26F2N2O2/c27-21-10-6-19(7-11-21)25(20-8-12-22(28)13-9-20)23-16-29-15-14-24(23)30(26(31)32)17-18-4-2-1-3-5-18/h1-13,23-25,29H,14-17H2,(H,31,32). The Hall–Kier alpha value is -3.25. The molecule has 0 spiro atoms. The molecule has 1 aliphatic rings. The number of nitrogens with zero attached hydrogens (tertiary/aromatic N) is 1. The Labute approximate surface area is 186 Å². The summed E-state index contributed by atoms with van der Waals surface area (Å²) in [4.78, 5) is 13.9. The highest BCUT2D eigenvalue weighted by molar-refractivity contribution is 5.65. The van der Waals surface area contributed by atoms with Gasteiger partial charge in [0.1, 0.15) is 11.6 Å². The van der Waals surface area contributed by atoms with E-state index in [9.17, 15) is 18.7 Å². The van der Waals surface area contributed by atoms with E-state index in [4.69, 9.17) is 0 Å². The van der Waals surface area contributed by atoms with Gasteiger partial charge in [0.25, 0.3) is 0 Å². The minimum absolute atomic E-state index is 0.112. The molecule has 4 rings (SSSR count). The molecule has 0 aliphatic carbocycles. The summed E-state index contributed by atoms with van der Waals surface area (Å²) in [6.45, 7) is 1.60. The average Bonchev–Trinajstić information content (AvgIpc) is 2.81. The Morgan fingerprint density at radius 2 is 1.50 bits per heavy atom. The molecule has 2 unspecified atom stereocenters. The maximum atomic E-state index is 13.7. The number of benzene rings is 3. The van der Waals surface area contributed by atoms with E-state index in [1.54, 1.807) is 24.3 Å². The summed E-state index contributed by atoms with van der Waals surface area (Å²) >= 11 is 0. The first-order chi connectivity index (χ1) is 15.5. The molecular weight excluding hydrogens is 410 g/mol. The zero-order valence-corrected chi connectivity index (χ0v) is 17.6. The SMILES string of the molecule is O=C(O)N(Cc1ccccc1)C1CCNCC1C(c1ccc(F)cc1)c1ccc(F)cc1. The van der Waals surface area contributed by atoms with Crippen molar-refractivity contribution >= 4 is 6.09 Å². The van der Waals surface area contributed by atoms with Crippen LogP contribution in [0, 0.1) is 17.6 Å². The number of hydrogen-bond acceptors (Lipinski definition) is 2. The quantitative estimate of drug-likeness (QED) is 0.555. The fourth-order valence-corrected chi connectivity index (χ4v) is 4.73. The third-order valence-corrected chi connectivity index (χ3v) is 6.22. The lowest BCUT2D eigenvalue weighted by molar-refractivity contribution is 0.0809. The zero-order valence-electron chi connectivity index (χ0n) is 17.6. The molecule has 2 atom stereocenters. The van der Waals surface area contributed by atoms with Crippen molar-refractivity contribution in [1.82, 2.24) is 10.2 Å². The van der Waals surface area contributed by atoms with Crippen molar-refractivity contribution in [2.24, 2.45) is 5.92 Å². The second kappa shape index (κ2) is 9.92. The molecule has 32 heavy (non-hydrogen) atoms. The van der Waals surface area contributed by atoms with E-state index in [0.717, 1.165) is 16.7 Å². The van der Waals surface area contributed by atoms with Crippen LogP contribution in [0.5, 0.6) is 0 Å². The van der Waals surface area contributed by atoms with Gasteiger partial charge in [-0.3, -0.25) is 0 Å². The molecule has 1 aliphatic heterocycles. The van der Waals surface area contributed by atoms with E-state index in [0.29, 0.717) is 19.5 Å². The predicted octanol–water partition coefficient (Wildman–Crippen LogP) is 5.26. The molecule has 2 N–H and O–H groups in total. The molecule has 1 amide bonds. The van der Waals surface area contributed by atoms with E-state index in [2.05, 4.69) is 5.32 Å². The molecule has 1 saturated heterocycles. The van der Waals surface area contributed by atoms with Crippen LogP contribution in [0.15, 0.2) is 78.9 Å². The highest BCUT2D eigenvalue weighted by Crippen LogP contribution is 2.38. The summed E-state index contributed by atoms with van der Waals surface area (Å²) in [5, 5.41) is 13.5. The Kier molecular flexibility index (Phi) is 6.81. The second-order valence-electron chi connectivity index (χ2n) is 8.20. The number of carbonyl (C=O) groups is 1. The zero-order chi connectivity index (χ0) is 22.5. The Bertz CT molecular complexity index is 980. The fourth-order valence-electron chi connectivity index (χ4n) is 4.73. The van der Waals surface area contributed by atoms with Crippen molar-refractivity contribution in [3.8, 4) is 0 Å². The summed E-state index contributed by atoms with van der Waals surface area (Å²) in [6.07, 6.45) is -0.314. The summed E-state index contributed by atoms with van der Waals surface area (Å²) in [5.41, 5.74) is 2.68. The van der Waals surface area contributed by atoms with Crippen LogP contribution < -0.4 is 5.32 Å². The highest BCUT2D eigenvalue weighted by Gasteiger charge is 2.39. The van der Waals surface area contributed by atoms with Crippen LogP contribution in [-0.2, 0) is 6.54 Å². The molecule has 6 heteroatoms. The molecular formula is C26H26F2N2O2. The second-order valence-corrected chi connectivity index (χ2v) is 8.20. The largest absolute Gasteiger partial charge is 0.465 e. The highest BCUT2D eigenvalue weighted by atomic mass is 19.1. The van der Waals surface area contributed by atoms with Gasteiger partial charge in [-0.15, -0.1) is 0 Å². The summed E-state index contributed by atoms with van der Waals surface area (Å²) in [6, 6.07) is 21.9. The molecule has 0 bridgehead atoms. The van der Waals surface area contributed by atoms with Crippen molar-refractivity contribution in [3.05, 3.63) is 107 Å². The van der Waals surface area contributed by atoms with Gasteiger partial charge in [-0.05, 0) is 53.9 Å². The molecule has 0 aromatic heterocycles. The number of piperidine rings is 1. The van der Waals surface area contributed by atoms with Gasteiger partial charge in [-0.1, -0.05) is 54.6 Å². The number of nitrogens with one attached hydrogen (secondary N) is 1. The summed E-state index contributed by atoms with van der Waals surface area (Å²) in [5.74, 6) is -0.992. The molecule has 0 radical (unpaired) electrons. The van der Waals surface area contributed by atoms with E-state index in [1.165, 1.54) is 29.2 Å². The Morgan fingerprint density at radius 3 is 2.03 bits per heavy atom. The number of rotatable bonds is 6. The molecule has 3 aromatic carbocycles. The van der Waals surface area contributed by atoms with E-state index in [-0.39, 0.29) is 36.1 Å². The van der Waals surface area contributed by atoms with Crippen LogP contribution in [0.1, 0.15) is 29.0 Å². The van der Waals surface area contributed by atoms with Crippen LogP contribution in [0.3, 0.4) is 0 Å². The lowest BCUT2D eigenvalue weighted by Crippen LogP contribution is -2.53. The third-order valence-electron chi connectivity index (χ3n) is 6.22. The molecule has 0 saturated carbocycles. The first kappa shape index (κ1) is 22.0. The van der Waals surface area contributed by atoms with Crippen LogP contribution >= 0.6 is 0 Å². The van der Waals surface area contributed by atoms with Crippen molar-refractivity contribution in [3.63, 3.8) is 0 Å². The van der Waals surface area contributed by atoms with E-state index < -0.39 is 6.09 Å². The first-order valence-corrected chi connectivity index (χ1v) is 10.8. The van der Waals surface area contributed by atoms with Gasteiger partial charge in [0.15, 0.2) is 0 Å². The fraction of sp³-hybridized carbons (Fsp3) is 0.269. The lowest BCUT2D eigenvalue weighted by atomic mass is 9.74. The van der Waals surface area contributed by atoms with Crippen LogP contribution in [0.25, 0.3) is 0 Å². The summed E-state index contributed by atoms with van der Waals surface area (Å²) in [7, 11) is 0. The van der Waals surface area contributed by atoms with Gasteiger partial charge in [-0.25, -0.2) is 13.6 Å². The van der Waals surface area contributed by atoms with E-state index >= 15 is 0 Å². The normalized spacial score (nSPS) is 18.5. The van der Waals surface area contributed by atoms with Gasteiger partial charge in [-0.2, -0.15) is 0 Å². The lowest BCUT2D eigenvalue weighted by Gasteiger charge is -2.43. The number of carboxylic acid groups (broad SMARTS) is 1. The Morgan fingerprint density at radius 1 is 0.938 bits per heavy atom. The monoisotopic (exact) mass is 436 g/mol. The number of halogens is 2. The van der Waals surface area contributed by atoms with Crippen molar-refractivity contribution in [1.29, 1.82) is 0 Å². The predicted molar refractivity (Wildman–Crippen MR) is 119 cm³/mol. The van der Waals surface area contributed by atoms with Crippen molar-refractivity contribution in [2.45, 2.75) is 24.9 Å². The molecule has 1 heterocycles. The average molecular weight is 437 g/mol. The molecule has 1 fully saturated rings. The van der Waals surface area contributed by atoms with Crippen molar-refractivity contribution in [2.75, 3.05) is 13.1 Å². The van der Waals surface area contributed by atoms with Gasteiger partial charge in [0, 0.05) is 31.0 Å². The van der Waals surface area contributed by atoms with Gasteiger partial charge in [0.05, 0.1) is 0 Å². The van der Waals surface area contributed by atoms with Crippen LogP contribution in [0.4, 0.5) is 13.6 Å². The van der Waals surface area contributed by atoms with Crippen LogP contribution in [-0.4, -0.2) is 35.2 Å². The van der Waals surface area contributed by atoms with Gasteiger partial charge in [0.2, 0.25) is 0 Å². The topological polar surface area (TPSA) is 52.6 Å². The van der Waals surface area contributed by atoms with E-state index in [1.807, 2.05) is 30.3 Å². The number of amides is 1. The van der Waals surface area contributed by atoms with Gasteiger partial charge < -0.3 is 15.3 Å². The van der Waals surface area contributed by atoms with Gasteiger partial charge >= 0.3 is 6.09 Å². The smallest absolute Gasteiger partial charge is 0.407 e. The summed E-state index contributed by atoms with van der Waals surface area (Å²) < 4.78 is 27.3. The molecule has 3 aromatic rings. The first-order valence-electron chi connectivity index (χ1n) is 10.8. The Balaban J connectivity index is 1.74. The molecule has 4 nitrogen and oxygen atoms in total. The maximum absolute atomic E-state index is 13.7. The maximum Gasteiger partial charge on any atom is 0.407 e. The molecule has 166 valence electrons. The third kappa shape index (κ3) is 4.97. The minimum atomic E-state index is -0.970. The van der Waals surface area contributed by atoms with Crippen LogP contribution in [0.2, 0.25) is 0 Å². The number of hydrogen-bond donors (Lipinski definition) is 2. The minimum Gasteiger partial charge on any atom is -0.465 e. The van der Waals surface area contributed by atoms with Crippen molar-refractivity contribution < 1.29 is 18.7 Å².